The van der Waals surface area contributed by atoms with E-state index >= 15 is 0 Å². The van der Waals surface area contributed by atoms with Crippen molar-refractivity contribution in [2.24, 2.45) is 5.92 Å². The highest BCUT2D eigenvalue weighted by atomic mass is 15.2. The lowest BCUT2D eigenvalue weighted by Gasteiger charge is -2.36. The molecule has 0 spiro atoms. The fourth-order valence-electron chi connectivity index (χ4n) is 3.98. The van der Waals surface area contributed by atoms with Gasteiger partial charge in [0.25, 0.3) is 0 Å². The monoisotopic (exact) mass is 278 g/mol. The molecule has 0 aromatic carbocycles. The molecule has 2 atom stereocenters. The molecule has 1 N–H and O–H groups in total. The predicted octanol–water partition coefficient (Wildman–Crippen LogP) is 1.68. The van der Waals surface area contributed by atoms with Crippen LogP contribution in [0.25, 0.3) is 0 Å². The molecule has 1 aliphatic heterocycles. The normalized spacial score (nSPS) is 32.6. The lowest BCUT2D eigenvalue weighted by atomic mass is 9.86. The SMILES string of the molecule is CNC1(C#N)CCCC1CCN(C)C1CCN(C)CC1. The number of nitriles is 1. The van der Waals surface area contributed by atoms with E-state index in [0.29, 0.717) is 5.92 Å². The van der Waals surface area contributed by atoms with Crippen molar-refractivity contribution in [3.63, 3.8) is 0 Å². The molecule has 1 heterocycles. The summed E-state index contributed by atoms with van der Waals surface area (Å²) in [7, 11) is 6.42. The molecule has 2 aliphatic rings. The Morgan fingerprint density at radius 3 is 2.65 bits per heavy atom. The van der Waals surface area contributed by atoms with Crippen molar-refractivity contribution in [1.29, 1.82) is 5.26 Å². The molecule has 0 aromatic heterocycles. The largest absolute Gasteiger partial charge is 0.306 e. The van der Waals surface area contributed by atoms with Crippen LogP contribution in [0.3, 0.4) is 0 Å². The smallest absolute Gasteiger partial charge is 0.109 e. The van der Waals surface area contributed by atoms with Crippen LogP contribution in [0.5, 0.6) is 0 Å². The van der Waals surface area contributed by atoms with Crippen LogP contribution in [0.1, 0.15) is 38.5 Å². The average molecular weight is 278 g/mol. The predicted molar refractivity (Wildman–Crippen MR) is 82.5 cm³/mol. The Bertz CT molecular complexity index is 343. The Labute approximate surface area is 124 Å². The molecule has 0 amide bonds. The van der Waals surface area contributed by atoms with Crippen LogP contribution in [0.2, 0.25) is 0 Å². The van der Waals surface area contributed by atoms with Gasteiger partial charge in [-0.15, -0.1) is 0 Å². The van der Waals surface area contributed by atoms with Gasteiger partial charge in [0.2, 0.25) is 0 Å². The molecule has 0 radical (unpaired) electrons. The number of likely N-dealkylation sites (tertiary alicyclic amines) is 1. The van der Waals surface area contributed by atoms with E-state index in [-0.39, 0.29) is 5.54 Å². The molecular weight excluding hydrogens is 248 g/mol. The van der Waals surface area contributed by atoms with E-state index in [1.165, 1.54) is 38.8 Å². The average Bonchev–Trinajstić information content (AvgIpc) is 2.89. The van der Waals surface area contributed by atoms with Crippen LogP contribution in [-0.2, 0) is 0 Å². The van der Waals surface area contributed by atoms with Crippen molar-refractivity contribution < 1.29 is 0 Å². The first-order valence-corrected chi connectivity index (χ1v) is 8.10. The summed E-state index contributed by atoms with van der Waals surface area (Å²) in [4.78, 5) is 4.95. The first-order valence-electron chi connectivity index (χ1n) is 8.10. The summed E-state index contributed by atoms with van der Waals surface area (Å²) in [5, 5.41) is 12.8. The van der Waals surface area contributed by atoms with Gasteiger partial charge in [-0.1, -0.05) is 6.42 Å². The van der Waals surface area contributed by atoms with Crippen LogP contribution in [-0.4, -0.2) is 62.2 Å². The van der Waals surface area contributed by atoms with E-state index in [1.54, 1.807) is 0 Å². The van der Waals surface area contributed by atoms with Gasteiger partial charge in [0.1, 0.15) is 5.54 Å². The van der Waals surface area contributed by atoms with E-state index in [0.717, 1.165) is 25.4 Å². The fraction of sp³-hybridized carbons (Fsp3) is 0.938. The van der Waals surface area contributed by atoms with Crippen molar-refractivity contribution in [2.75, 3.05) is 40.8 Å². The highest BCUT2D eigenvalue weighted by Gasteiger charge is 2.41. The number of nitrogens with one attached hydrogen (secondary N) is 1. The summed E-state index contributed by atoms with van der Waals surface area (Å²) >= 11 is 0. The fourth-order valence-corrected chi connectivity index (χ4v) is 3.98. The number of hydrogen-bond acceptors (Lipinski definition) is 4. The molecule has 2 unspecified atom stereocenters. The number of rotatable bonds is 5. The van der Waals surface area contributed by atoms with Crippen molar-refractivity contribution in [3.8, 4) is 6.07 Å². The van der Waals surface area contributed by atoms with Crippen LogP contribution in [0.4, 0.5) is 0 Å². The van der Waals surface area contributed by atoms with Crippen LogP contribution >= 0.6 is 0 Å². The van der Waals surface area contributed by atoms with Crippen molar-refractivity contribution in [2.45, 2.75) is 50.1 Å². The first kappa shape index (κ1) is 15.8. The summed E-state index contributed by atoms with van der Waals surface area (Å²) in [6.07, 6.45) is 7.13. The van der Waals surface area contributed by atoms with Gasteiger partial charge in [-0.25, -0.2) is 0 Å². The summed E-state index contributed by atoms with van der Waals surface area (Å²) in [6.45, 7) is 3.57. The molecule has 2 fully saturated rings. The highest BCUT2D eigenvalue weighted by Crippen LogP contribution is 2.37. The highest BCUT2D eigenvalue weighted by molar-refractivity contribution is 5.13. The number of piperidine rings is 1. The second kappa shape index (κ2) is 6.89. The molecule has 0 bridgehead atoms. The Morgan fingerprint density at radius 2 is 2.05 bits per heavy atom. The Hall–Kier alpha value is -0.630. The van der Waals surface area contributed by atoms with Crippen LogP contribution in [0, 0.1) is 17.2 Å². The second-order valence-electron chi connectivity index (χ2n) is 6.73. The summed E-state index contributed by atoms with van der Waals surface area (Å²) in [5.41, 5.74) is -0.256. The van der Waals surface area contributed by atoms with Gasteiger partial charge in [0.05, 0.1) is 6.07 Å². The van der Waals surface area contributed by atoms with Crippen LogP contribution < -0.4 is 5.32 Å². The topological polar surface area (TPSA) is 42.3 Å². The van der Waals surface area contributed by atoms with Gasteiger partial charge in [-0.05, 0) is 78.8 Å². The molecule has 1 saturated carbocycles. The first-order chi connectivity index (χ1) is 9.61. The van der Waals surface area contributed by atoms with Crippen molar-refractivity contribution >= 4 is 0 Å². The zero-order chi connectivity index (χ0) is 14.6. The lowest BCUT2D eigenvalue weighted by molar-refractivity contribution is 0.134. The minimum absolute atomic E-state index is 0.256. The third-order valence-electron chi connectivity index (χ3n) is 5.61. The molecule has 4 nitrogen and oxygen atoms in total. The maximum atomic E-state index is 9.50. The van der Waals surface area contributed by atoms with Gasteiger partial charge < -0.3 is 15.1 Å². The molecule has 114 valence electrons. The van der Waals surface area contributed by atoms with E-state index in [4.69, 9.17) is 0 Å². The van der Waals surface area contributed by atoms with E-state index in [2.05, 4.69) is 35.3 Å². The van der Waals surface area contributed by atoms with E-state index < -0.39 is 0 Å². The quantitative estimate of drug-likeness (QED) is 0.831. The molecule has 20 heavy (non-hydrogen) atoms. The maximum Gasteiger partial charge on any atom is 0.109 e. The van der Waals surface area contributed by atoms with Gasteiger partial charge in [-0.3, -0.25) is 0 Å². The standard InChI is InChI=1S/C16H30N4/c1-18-16(13-17)9-4-5-14(16)6-12-20(3)15-7-10-19(2)11-8-15/h14-15,18H,4-12H2,1-3H3. The third kappa shape index (κ3) is 3.33. The molecule has 2 rings (SSSR count). The van der Waals surface area contributed by atoms with Crippen molar-refractivity contribution in [3.05, 3.63) is 0 Å². The minimum Gasteiger partial charge on any atom is -0.306 e. The van der Waals surface area contributed by atoms with Crippen LogP contribution in [0.15, 0.2) is 0 Å². The Morgan fingerprint density at radius 1 is 1.35 bits per heavy atom. The Kier molecular flexibility index (Phi) is 5.42. The van der Waals surface area contributed by atoms with Crippen molar-refractivity contribution in [1.82, 2.24) is 15.1 Å². The third-order valence-corrected chi connectivity index (χ3v) is 5.61. The van der Waals surface area contributed by atoms with Gasteiger partial charge in [0.15, 0.2) is 0 Å². The molecule has 4 heteroatoms. The summed E-state index contributed by atoms with van der Waals surface area (Å²) in [6, 6.07) is 3.28. The molecular formula is C16H30N4. The molecule has 0 aromatic rings. The zero-order valence-corrected chi connectivity index (χ0v) is 13.4. The second-order valence-corrected chi connectivity index (χ2v) is 6.73. The summed E-state index contributed by atoms with van der Waals surface area (Å²) in [5.74, 6) is 0.520. The van der Waals surface area contributed by atoms with E-state index in [1.807, 2.05) is 7.05 Å². The number of nitrogens with zero attached hydrogens (tertiary/aromatic N) is 3. The van der Waals surface area contributed by atoms with Gasteiger partial charge >= 0.3 is 0 Å². The van der Waals surface area contributed by atoms with Gasteiger partial charge in [-0.2, -0.15) is 5.26 Å². The number of hydrogen-bond donors (Lipinski definition) is 1. The minimum atomic E-state index is -0.256. The zero-order valence-electron chi connectivity index (χ0n) is 13.4. The maximum absolute atomic E-state index is 9.50. The lowest BCUT2D eigenvalue weighted by Crippen LogP contribution is -2.47. The van der Waals surface area contributed by atoms with Gasteiger partial charge in [0, 0.05) is 6.04 Å². The molecule has 1 aliphatic carbocycles. The Balaban J connectivity index is 1.81. The van der Waals surface area contributed by atoms with E-state index in [9.17, 15) is 5.26 Å². The summed E-state index contributed by atoms with van der Waals surface area (Å²) < 4.78 is 0. The molecule has 1 saturated heterocycles.